The summed E-state index contributed by atoms with van der Waals surface area (Å²) in [5, 5.41) is 17.1. The minimum Gasteiger partial charge on any atom is -0.477 e. The molecule has 190 valence electrons. The molecule has 1 saturated heterocycles. The molecule has 1 aliphatic rings. The maximum atomic E-state index is 14.1. The van der Waals surface area contributed by atoms with Crippen LogP contribution in [0.5, 0.6) is 0 Å². The van der Waals surface area contributed by atoms with Gasteiger partial charge in [-0.3, -0.25) is 14.5 Å². The highest BCUT2D eigenvalue weighted by atomic mass is 32.1. The summed E-state index contributed by atoms with van der Waals surface area (Å²) in [5.41, 5.74) is 5.84. The highest BCUT2D eigenvalue weighted by Gasteiger charge is 2.39. The molecule has 4 aromatic rings. The van der Waals surface area contributed by atoms with Gasteiger partial charge in [-0.1, -0.05) is 24.3 Å². The number of fused-ring (bicyclic) bond motifs is 1. The number of nitrogens with two attached hydrogens (primary N) is 1. The van der Waals surface area contributed by atoms with E-state index < -0.39 is 29.1 Å². The van der Waals surface area contributed by atoms with Crippen LogP contribution in [0.25, 0.3) is 10.2 Å². The molecule has 0 spiro atoms. The Balaban J connectivity index is 1.53. The molecule has 1 atom stereocenters. The van der Waals surface area contributed by atoms with Gasteiger partial charge in [0.05, 0.1) is 5.39 Å². The number of nitrogens with one attached hydrogen (secondary N) is 1. The Kier molecular flexibility index (Phi) is 6.26. The molecular weight excluding hydrogens is 497 g/mol. The van der Waals surface area contributed by atoms with Gasteiger partial charge in [0.2, 0.25) is 5.91 Å². The first-order valence-electron chi connectivity index (χ1n) is 11.6. The highest BCUT2D eigenvalue weighted by Crippen LogP contribution is 2.38. The maximum Gasteiger partial charge on any atom is 0.345 e. The molecule has 3 heterocycles. The fourth-order valence-electron chi connectivity index (χ4n) is 4.31. The van der Waals surface area contributed by atoms with E-state index in [0.29, 0.717) is 15.8 Å². The lowest BCUT2D eigenvalue weighted by Crippen LogP contribution is -2.45. The number of amides is 2. The SMILES string of the molecule is CC(C(N)=O)(c1cccc(F)c1)n1nc(NC(=O)c2ccc(CN3CCC3)cc2)c2cc(C(=O)O)sc21. The van der Waals surface area contributed by atoms with Crippen molar-refractivity contribution >= 4 is 45.2 Å². The minimum atomic E-state index is -1.66. The van der Waals surface area contributed by atoms with Crippen LogP contribution in [0, 0.1) is 5.82 Å². The van der Waals surface area contributed by atoms with Gasteiger partial charge in [0, 0.05) is 12.1 Å². The molecule has 0 aliphatic carbocycles. The molecule has 37 heavy (non-hydrogen) atoms. The van der Waals surface area contributed by atoms with E-state index in [2.05, 4.69) is 15.3 Å². The fourth-order valence-corrected chi connectivity index (χ4v) is 5.36. The van der Waals surface area contributed by atoms with Crippen molar-refractivity contribution in [2.24, 2.45) is 5.73 Å². The van der Waals surface area contributed by atoms with E-state index in [1.54, 1.807) is 12.1 Å². The lowest BCUT2D eigenvalue weighted by Gasteiger charge is -2.30. The number of thiophene rings is 1. The summed E-state index contributed by atoms with van der Waals surface area (Å²) in [6.07, 6.45) is 1.20. The fraction of sp³-hybridized carbons (Fsp3) is 0.231. The molecule has 5 rings (SSSR count). The number of halogens is 1. The number of rotatable bonds is 8. The number of benzene rings is 2. The number of carboxylic acid groups (broad SMARTS) is 1. The summed E-state index contributed by atoms with van der Waals surface area (Å²) < 4.78 is 15.3. The first kappa shape index (κ1) is 24.6. The van der Waals surface area contributed by atoms with Gasteiger partial charge in [0.1, 0.15) is 15.5 Å². The van der Waals surface area contributed by atoms with Crippen molar-refractivity contribution in [1.29, 1.82) is 0 Å². The van der Waals surface area contributed by atoms with E-state index in [9.17, 15) is 23.9 Å². The zero-order valence-electron chi connectivity index (χ0n) is 19.9. The van der Waals surface area contributed by atoms with Crippen LogP contribution in [-0.4, -0.2) is 50.7 Å². The van der Waals surface area contributed by atoms with Gasteiger partial charge >= 0.3 is 5.97 Å². The largest absolute Gasteiger partial charge is 0.477 e. The summed E-state index contributed by atoms with van der Waals surface area (Å²) in [7, 11) is 0. The second-order valence-electron chi connectivity index (χ2n) is 9.12. The molecule has 0 radical (unpaired) electrons. The zero-order valence-corrected chi connectivity index (χ0v) is 20.7. The quantitative estimate of drug-likeness (QED) is 0.325. The first-order chi connectivity index (χ1) is 17.7. The Morgan fingerprint density at radius 1 is 1.16 bits per heavy atom. The standard InChI is InChI=1S/C26H24FN5O4S/c1-26(25(28)36,17-4-2-5-18(27)12-17)32-23-19(13-20(37-23)24(34)35)21(30-32)29-22(33)16-8-6-15(7-9-16)14-31-10-3-11-31/h2,4-9,12-13H,3,10-11,14H2,1H3,(H2,28,36)(H,34,35)(H,29,30,33). The number of carbonyl (C=O) groups is 3. The highest BCUT2D eigenvalue weighted by molar-refractivity contribution is 7.20. The van der Waals surface area contributed by atoms with Crippen LogP contribution in [0.3, 0.4) is 0 Å². The number of carbonyl (C=O) groups excluding carboxylic acids is 2. The van der Waals surface area contributed by atoms with Crippen molar-refractivity contribution in [3.05, 3.63) is 82.0 Å². The Labute approximate surface area is 215 Å². The van der Waals surface area contributed by atoms with Crippen LogP contribution in [0.4, 0.5) is 10.2 Å². The number of anilines is 1. The Hall–Kier alpha value is -4.09. The Morgan fingerprint density at radius 2 is 1.89 bits per heavy atom. The van der Waals surface area contributed by atoms with Crippen LogP contribution < -0.4 is 11.1 Å². The van der Waals surface area contributed by atoms with Crippen LogP contribution in [0.2, 0.25) is 0 Å². The van der Waals surface area contributed by atoms with Crippen LogP contribution in [0.1, 0.15) is 44.5 Å². The Morgan fingerprint density at radius 3 is 2.49 bits per heavy atom. The van der Waals surface area contributed by atoms with Gasteiger partial charge in [-0.2, -0.15) is 5.10 Å². The molecule has 1 aliphatic heterocycles. The molecule has 2 amide bonds. The number of primary amides is 1. The number of carboxylic acids is 1. The van der Waals surface area contributed by atoms with E-state index in [4.69, 9.17) is 5.73 Å². The number of hydrogen-bond acceptors (Lipinski definition) is 6. The predicted molar refractivity (Wildman–Crippen MR) is 137 cm³/mol. The zero-order chi connectivity index (χ0) is 26.3. The number of nitrogens with zero attached hydrogens (tertiary/aromatic N) is 3. The van der Waals surface area contributed by atoms with E-state index in [-0.39, 0.29) is 16.3 Å². The molecule has 0 saturated carbocycles. The third kappa shape index (κ3) is 4.47. The topological polar surface area (TPSA) is 131 Å². The molecule has 4 N–H and O–H groups in total. The lowest BCUT2D eigenvalue weighted by molar-refractivity contribution is -0.124. The second-order valence-corrected chi connectivity index (χ2v) is 10.2. The summed E-state index contributed by atoms with van der Waals surface area (Å²) in [4.78, 5) is 40.1. The van der Waals surface area contributed by atoms with Crippen molar-refractivity contribution in [1.82, 2.24) is 14.7 Å². The van der Waals surface area contributed by atoms with Crippen molar-refractivity contribution in [2.75, 3.05) is 18.4 Å². The molecular formula is C26H24FN5O4S. The van der Waals surface area contributed by atoms with Crippen LogP contribution in [0.15, 0.2) is 54.6 Å². The minimum absolute atomic E-state index is 0.0157. The summed E-state index contributed by atoms with van der Waals surface area (Å²) in [5.74, 6) is -2.96. The lowest BCUT2D eigenvalue weighted by atomic mass is 9.91. The number of aromatic carboxylic acids is 1. The van der Waals surface area contributed by atoms with Gasteiger partial charge in [0.15, 0.2) is 11.4 Å². The third-order valence-corrected chi connectivity index (χ3v) is 7.76. The van der Waals surface area contributed by atoms with Gasteiger partial charge in [-0.05, 0) is 67.9 Å². The molecule has 1 fully saturated rings. The average Bonchev–Trinajstić information content (AvgIpc) is 3.42. The van der Waals surface area contributed by atoms with Gasteiger partial charge in [-0.25, -0.2) is 13.9 Å². The molecule has 11 heteroatoms. The first-order valence-corrected chi connectivity index (χ1v) is 12.4. The molecule has 2 aromatic heterocycles. The van der Waals surface area contributed by atoms with E-state index >= 15 is 0 Å². The summed E-state index contributed by atoms with van der Waals surface area (Å²) in [6, 6.07) is 14.0. The summed E-state index contributed by atoms with van der Waals surface area (Å²) in [6.45, 7) is 4.43. The van der Waals surface area contributed by atoms with Gasteiger partial charge in [0.25, 0.3) is 5.91 Å². The number of likely N-dealkylation sites (tertiary alicyclic amines) is 1. The third-order valence-electron chi connectivity index (χ3n) is 6.66. The van der Waals surface area contributed by atoms with Gasteiger partial charge in [-0.15, -0.1) is 11.3 Å². The Bertz CT molecular complexity index is 1530. The normalized spacial score (nSPS) is 15.2. The molecule has 9 nitrogen and oxygen atoms in total. The predicted octanol–water partition coefficient (Wildman–Crippen LogP) is 3.64. The van der Waals surface area contributed by atoms with E-state index in [0.717, 1.165) is 36.5 Å². The molecule has 0 bridgehead atoms. The van der Waals surface area contributed by atoms with E-state index in [1.807, 2.05) is 12.1 Å². The van der Waals surface area contributed by atoms with Crippen molar-refractivity contribution in [3.8, 4) is 0 Å². The molecule has 1 unspecified atom stereocenters. The van der Waals surface area contributed by atoms with Crippen LogP contribution >= 0.6 is 11.3 Å². The van der Waals surface area contributed by atoms with Crippen molar-refractivity contribution in [3.63, 3.8) is 0 Å². The van der Waals surface area contributed by atoms with Gasteiger partial charge < -0.3 is 16.2 Å². The summed E-state index contributed by atoms with van der Waals surface area (Å²) >= 11 is 0.878. The second kappa shape index (κ2) is 9.41. The average molecular weight is 522 g/mol. The van der Waals surface area contributed by atoms with E-state index in [1.165, 1.54) is 48.4 Å². The number of aromatic nitrogens is 2. The van der Waals surface area contributed by atoms with Crippen molar-refractivity contribution < 1.29 is 23.9 Å². The van der Waals surface area contributed by atoms with Crippen molar-refractivity contribution in [2.45, 2.75) is 25.4 Å². The van der Waals surface area contributed by atoms with Crippen LogP contribution in [-0.2, 0) is 16.9 Å². The monoisotopic (exact) mass is 521 g/mol. The maximum absolute atomic E-state index is 14.1. The smallest absolute Gasteiger partial charge is 0.345 e. The molecule has 2 aromatic carbocycles. The number of hydrogen-bond donors (Lipinski definition) is 3.